The Labute approximate surface area is 167 Å². The van der Waals surface area contributed by atoms with Crippen molar-refractivity contribution in [1.82, 2.24) is 24.7 Å². The van der Waals surface area contributed by atoms with E-state index in [4.69, 9.17) is 9.84 Å². The molecule has 0 atom stereocenters. The summed E-state index contributed by atoms with van der Waals surface area (Å²) in [6.45, 7) is 4.32. The molecule has 0 saturated carbocycles. The Kier molecular flexibility index (Phi) is 4.75. The van der Waals surface area contributed by atoms with E-state index >= 15 is 0 Å². The van der Waals surface area contributed by atoms with Crippen LogP contribution in [0.2, 0.25) is 0 Å². The summed E-state index contributed by atoms with van der Waals surface area (Å²) in [5.74, 6) is 0.415. The molecule has 1 aromatic carbocycles. The number of rotatable bonds is 6. The summed E-state index contributed by atoms with van der Waals surface area (Å²) in [7, 11) is 1.58. The number of methoxy groups -OCH3 is 1. The SMILES string of the molecule is COc1ccc2[nH]c(-c3ccc(Cn4nc(C)c(CC(=O)O)c4C)cc3)nc2n1. The number of pyridine rings is 1. The minimum Gasteiger partial charge on any atom is -0.481 e. The second kappa shape index (κ2) is 7.38. The van der Waals surface area contributed by atoms with Crippen molar-refractivity contribution in [3.63, 3.8) is 0 Å². The summed E-state index contributed by atoms with van der Waals surface area (Å²) >= 11 is 0. The van der Waals surface area contributed by atoms with Crippen LogP contribution in [0.3, 0.4) is 0 Å². The first-order valence-corrected chi connectivity index (χ1v) is 9.19. The second-order valence-electron chi connectivity index (χ2n) is 6.88. The number of nitrogens with zero attached hydrogens (tertiary/aromatic N) is 4. The fourth-order valence-corrected chi connectivity index (χ4v) is 3.36. The maximum atomic E-state index is 11.1. The number of nitrogens with one attached hydrogen (secondary N) is 1. The van der Waals surface area contributed by atoms with E-state index in [1.807, 2.05) is 48.9 Å². The number of hydrogen-bond donors (Lipinski definition) is 2. The van der Waals surface area contributed by atoms with Gasteiger partial charge in [0.2, 0.25) is 5.88 Å². The van der Waals surface area contributed by atoms with Crippen LogP contribution < -0.4 is 4.74 Å². The first-order chi connectivity index (χ1) is 13.9. The topological polar surface area (TPSA) is 106 Å². The lowest BCUT2D eigenvalue weighted by Crippen LogP contribution is -2.06. The molecule has 0 unspecified atom stereocenters. The zero-order valence-corrected chi connectivity index (χ0v) is 16.4. The Morgan fingerprint density at radius 2 is 1.90 bits per heavy atom. The second-order valence-corrected chi connectivity index (χ2v) is 6.88. The van der Waals surface area contributed by atoms with Crippen LogP contribution in [0.1, 0.15) is 22.5 Å². The van der Waals surface area contributed by atoms with Crippen LogP contribution in [0, 0.1) is 13.8 Å². The molecule has 0 aliphatic rings. The van der Waals surface area contributed by atoms with Gasteiger partial charge in [0, 0.05) is 22.9 Å². The number of hydrogen-bond acceptors (Lipinski definition) is 5. The van der Waals surface area contributed by atoms with Gasteiger partial charge in [0.1, 0.15) is 5.82 Å². The van der Waals surface area contributed by atoms with Crippen LogP contribution in [0.15, 0.2) is 36.4 Å². The number of H-pyrrole nitrogens is 1. The highest BCUT2D eigenvalue weighted by Gasteiger charge is 2.15. The molecule has 0 amide bonds. The number of aryl methyl sites for hydroxylation is 1. The van der Waals surface area contributed by atoms with Crippen LogP contribution in [0.4, 0.5) is 0 Å². The summed E-state index contributed by atoms with van der Waals surface area (Å²) < 4.78 is 6.99. The molecule has 4 rings (SSSR count). The smallest absolute Gasteiger partial charge is 0.307 e. The molecule has 148 valence electrons. The van der Waals surface area contributed by atoms with Gasteiger partial charge in [0.15, 0.2) is 5.65 Å². The number of ether oxygens (including phenoxy) is 1. The third kappa shape index (κ3) is 3.69. The lowest BCUT2D eigenvalue weighted by Gasteiger charge is -2.06. The van der Waals surface area contributed by atoms with E-state index in [2.05, 4.69) is 20.1 Å². The van der Waals surface area contributed by atoms with Gasteiger partial charge in [-0.1, -0.05) is 24.3 Å². The van der Waals surface area contributed by atoms with Crippen molar-refractivity contribution < 1.29 is 14.6 Å². The Hall–Kier alpha value is -3.68. The molecule has 0 radical (unpaired) electrons. The minimum atomic E-state index is -0.849. The Morgan fingerprint density at radius 1 is 1.14 bits per heavy atom. The average molecular weight is 391 g/mol. The van der Waals surface area contributed by atoms with Crippen molar-refractivity contribution in [2.75, 3.05) is 7.11 Å². The van der Waals surface area contributed by atoms with Gasteiger partial charge in [-0.05, 0) is 25.5 Å². The van der Waals surface area contributed by atoms with E-state index in [0.717, 1.165) is 39.4 Å². The van der Waals surface area contributed by atoms with Crippen molar-refractivity contribution >= 4 is 17.1 Å². The van der Waals surface area contributed by atoms with Crippen LogP contribution in [-0.4, -0.2) is 42.9 Å². The summed E-state index contributed by atoms with van der Waals surface area (Å²) in [4.78, 5) is 23.2. The predicted molar refractivity (Wildman–Crippen MR) is 108 cm³/mol. The minimum absolute atomic E-state index is 0.0124. The number of aliphatic carboxylic acids is 1. The van der Waals surface area contributed by atoms with Gasteiger partial charge in [0.25, 0.3) is 0 Å². The first kappa shape index (κ1) is 18.7. The standard InChI is InChI=1S/C21H21N5O3/c1-12-16(10-19(27)28)13(2)26(25-12)11-14-4-6-15(7-5-14)20-22-17-8-9-18(29-3)23-21(17)24-20/h4-9H,10-11H2,1-3H3,(H,27,28)(H,22,23,24). The fraction of sp³-hybridized carbons (Fsp3) is 0.238. The number of fused-ring (bicyclic) bond motifs is 1. The molecular weight excluding hydrogens is 370 g/mol. The summed E-state index contributed by atoms with van der Waals surface area (Å²) in [5.41, 5.74) is 5.88. The van der Waals surface area contributed by atoms with Gasteiger partial charge in [-0.3, -0.25) is 9.48 Å². The Morgan fingerprint density at radius 3 is 2.59 bits per heavy atom. The van der Waals surface area contributed by atoms with Crippen LogP contribution >= 0.6 is 0 Å². The van der Waals surface area contributed by atoms with Gasteiger partial charge in [-0.15, -0.1) is 0 Å². The van der Waals surface area contributed by atoms with E-state index in [1.165, 1.54) is 0 Å². The lowest BCUT2D eigenvalue weighted by atomic mass is 10.1. The highest BCUT2D eigenvalue weighted by atomic mass is 16.5. The van der Waals surface area contributed by atoms with Crippen molar-refractivity contribution in [2.45, 2.75) is 26.8 Å². The summed E-state index contributed by atoms with van der Waals surface area (Å²) in [6, 6.07) is 11.7. The summed E-state index contributed by atoms with van der Waals surface area (Å²) in [5, 5.41) is 13.6. The quantitative estimate of drug-likeness (QED) is 0.523. The third-order valence-electron chi connectivity index (χ3n) is 4.95. The number of aromatic nitrogens is 5. The Bertz CT molecular complexity index is 1190. The van der Waals surface area contributed by atoms with Gasteiger partial charge in [0.05, 0.1) is 31.3 Å². The van der Waals surface area contributed by atoms with Gasteiger partial charge in [-0.25, -0.2) is 4.98 Å². The van der Waals surface area contributed by atoms with E-state index < -0.39 is 5.97 Å². The largest absolute Gasteiger partial charge is 0.481 e. The molecule has 29 heavy (non-hydrogen) atoms. The first-order valence-electron chi connectivity index (χ1n) is 9.19. The van der Waals surface area contributed by atoms with Crippen molar-refractivity contribution in [3.8, 4) is 17.3 Å². The number of carboxylic acids is 1. The van der Waals surface area contributed by atoms with Crippen LogP contribution in [0.25, 0.3) is 22.6 Å². The van der Waals surface area contributed by atoms with Gasteiger partial charge >= 0.3 is 5.97 Å². The predicted octanol–water partition coefficient (Wildman–Crippen LogP) is 3.12. The highest BCUT2D eigenvalue weighted by Crippen LogP contribution is 2.22. The molecule has 0 aliphatic heterocycles. The molecule has 8 heteroatoms. The lowest BCUT2D eigenvalue weighted by molar-refractivity contribution is -0.136. The number of imidazole rings is 1. The molecule has 3 heterocycles. The van der Waals surface area contributed by atoms with Crippen molar-refractivity contribution in [3.05, 3.63) is 58.9 Å². The molecule has 0 saturated heterocycles. The van der Waals surface area contributed by atoms with E-state index in [1.54, 1.807) is 13.2 Å². The number of benzene rings is 1. The number of carbonyl (C=O) groups is 1. The normalized spacial score (nSPS) is 11.1. The molecule has 0 bridgehead atoms. The summed E-state index contributed by atoms with van der Waals surface area (Å²) in [6.07, 6.45) is -0.0124. The molecule has 2 N–H and O–H groups in total. The van der Waals surface area contributed by atoms with Gasteiger partial charge in [-0.2, -0.15) is 10.1 Å². The fourth-order valence-electron chi connectivity index (χ4n) is 3.36. The number of aromatic amines is 1. The maximum absolute atomic E-state index is 11.1. The van der Waals surface area contributed by atoms with E-state index in [9.17, 15) is 4.79 Å². The zero-order chi connectivity index (χ0) is 20.5. The monoisotopic (exact) mass is 391 g/mol. The molecule has 0 spiro atoms. The van der Waals surface area contributed by atoms with E-state index in [0.29, 0.717) is 18.1 Å². The van der Waals surface area contributed by atoms with Crippen LogP contribution in [-0.2, 0) is 17.8 Å². The zero-order valence-electron chi connectivity index (χ0n) is 16.4. The van der Waals surface area contributed by atoms with E-state index in [-0.39, 0.29) is 6.42 Å². The molecular formula is C21H21N5O3. The molecule has 8 nitrogen and oxygen atoms in total. The molecule has 4 aromatic rings. The molecule has 0 aliphatic carbocycles. The highest BCUT2D eigenvalue weighted by molar-refractivity contribution is 5.76. The average Bonchev–Trinajstić information content (AvgIpc) is 3.24. The number of carboxylic acid groups (broad SMARTS) is 1. The maximum Gasteiger partial charge on any atom is 0.307 e. The molecule has 0 fully saturated rings. The Balaban J connectivity index is 1.56. The third-order valence-corrected chi connectivity index (χ3v) is 4.95. The van der Waals surface area contributed by atoms with Crippen molar-refractivity contribution in [1.29, 1.82) is 0 Å². The molecule has 3 aromatic heterocycles. The van der Waals surface area contributed by atoms with Gasteiger partial charge < -0.3 is 14.8 Å². The van der Waals surface area contributed by atoms with Crippen molar-refractivity contribution in [2.24, 2.45) is 0 Å². The van der Waals surface area contributed by atoms with Crippen LogP contribution in [0.5, 0.6) is 5.88 Å².